The zero-order valence-corrected chi connectivity index (χ0v) is 11.4. The van der Waals surface area contributed by atoms with E-state index in [1.807, 2.05) is 32.9 Å². The Labute approximate surface area is 108 Å². The van der Waals surface area contributed by atoms with Crippen LogP contribution in [0.5, 0.6) is 0 Å². The normalized spacial score (nSPS) is 15.8. The Hall–Kier alpha value is -1.58. The molecule has 0 bridgehead atoms. The maximum Gasteiger partial charge on any atom is 0.229 e. The first-order valence-corrected chi connectivity index (χ1v) is 6.49. The van der Waals surface area contributed by atoms with Crippen molar-refractivity contribution in [2.75, 3.05) is 23.3 Å². The van der Waals surface area contributed by atoms with Gasteiger partial charge in [0, 0.05) is 18.5 Å². The summed E-state index contributed by atoms with van der Waals surface area (Å²) in [5, 5.41) is 2.88. The molecule has 1 N–H and O–H groups in total. The molecule has 0 saturated carbocycles. The number of anilines is 2. The van der Waals surface area contributed by atoms with E-state index in [0.29, 0.717) is 0 Å². The van der Waals surface area contributed by atoms with Gasteiger partial charge in [0.25, 0.3) is 0 Å². The number of aromatic nitrogens is 1. The molecule has 0 aromatic carbocycles. The van der Waals surface area contributed by atoms with E-state index >= 15 is 0 Å². The standard InChI is InChI=1S/C14H21N3O/c1-14(2,3)13(18)16-11-6-7-12(15-10-11)17-8-4-5-9-17/h6-7,10H,4-5,8-9H2,1-3H3,(H,16,18). The van der Waals surface area contributed by atoms with Crippen molar-refractivity contribution < 1.29 is 4.79 Å². The van der Waals surface area contributed by atoms with E-state index in [0.717, 1.165) is 24.6 Å². The van der Waals surface area contributed by atoms with Gasteiger partial charge in [0.05, 0.1) is 11.9 Å². The second-order valence-corrected chi connectivity index (χ2v) is 5.80. The summed E-state index contributed by atoms with van der Waals surface area (Å²) in [5.74, 6) is 1.01. The maximum absolute atomic E-state index is 11.8. The van der Waals surface area contributed by atoms with Crippen molar-refractivity contribution in [2.45, 2.75) is 33.6 Å². The van der Waals surface area contributed by atoms with Crippen molar-refractivity contribution in [3.8, 4) is 0 Å². The minimum absolute atomic E-state index is 0.0122. The third-order valence-corrected chi connectivity index (χ3v) is 3.12. The van der Waals surface area contributed by atoms with E-state index in [9.17, 15) is 4.79 Å². The van der Waals surface area contributed by atoms with Crippen molar-refractivity contribution in [2.24, 2.45) is 5.41 Å². The number of carbonyl (C=O) groups excluding carboxylic acids is 1. The van der Waals surface area contributed by atoms with Crippen LogP contribution in [0.25, 0.3) is 0 Å². The van der Waals surface area contributed by atoms with Crippen LogP contribution in [-0.4, -0.2) is 24.0 Å². The van der Waals surface area contributed by atoms with E-state index in [1.165, 1.54) is 12.8 Å². The molecule has 1 saturated heterocycles. The molecule has 1 amide bonds. The lowest BCUT2D eigenvalue weighted by Crippen LogP contribution is -2.27. The summed E-state index contributed by atoms with van der Waals surface area (Å²) in [6.45, 7) is 7.86. The summed E-state index contributed by atoms with van der Waals surface area (Å²) in [5.41, 5.74) is 0.381. The quantitative estimate of drug-likeness (QED) is 0.874. The Morgan fingerprint density at radius 2 is 1.94 bits per heavy atom. The van der Waals surface area contributed by atoms with Crippen LogP contribution in [0.3, 0.4) is 0 Å². The van der Waals surface area contributed by atoms with Gasteiger partial charge in [-0.3, -0.25) is 4.79 Å². The van der Waals surface area contributed by atoms with Crippen LogP contribution >= 0.6 is 0 Å². The van der Waals surface area contributed by atoms with Crippen LogP contribution in [-0.2, 0) is 4.79 Å². The molecule has 2 rings (SSSR count). The smallest absolute Gasteiger partial charge is 0.229 e. The zero-order valence-electron chi connectivity index (χ0n) is 11.4. The largest absolute Gasteiger partial charge is 0.357 e. The molecule has 1 aromatic rings. The fraction of sp³-hybridized carbons (Fsp3) is 0.571. The van der Waals surface area contributed by atoms with Gasteiger partial charge in [0.1, 0.15) is 5.82 Å². The molecule has 4 nitrogen and oxygen atoms in total. The third-order valence-electron chi connectivity index (χ3n) is 3.12. The first-order chi connectivity index (χ1) is 8.47. The summed E-state index contributed by atoms with van der Waals surface area (Å²) in [6.07, 6.45) is 4.21. The van der Waals surface area contributed by atoms with Gasteiger partial charge < -0.3 is 10.2 Å². The number of pyridine rings is 1. The van der Waals surface area contributed by atoms with Gasteiger partial charge in [-0.15, -0.1) is 0 Å². The molecule has 0 radical (unpaired) electrons. The van der Waals surface area contributed by atoms with Crippen molar-refractivity contribution in [1.29, 1.82) is 0 Å². The fourth-order valence-corrected chi connectivity index (χ4v) is 1.91. The molecule has 0 spiro atoms. The monoisotopic (exact) mass is 247 g/mol. The molecule has 98 valence electrons. The van der Waals surface area contributed by atoms with Crippen molar-refractivity contribution in [3.63, 3.8) is 0 Å². The summed E-state index contributed by atoms with van der Waals surface area (Å²) in [7, 11) is 0. The van der Waals surface area contributed by atoms with Gasteiger partial charge in [-0.2, -0.15) is 0 Å². The molecule has 0 atom stereocenters. The van der Waals surface area contributed by atoms with Crippen LogP contribution in [0.15, 0.2) is 18.3 Å². The van der Waals surface area contributed by atoms with E-state index in [4.69, 9.17) is 0 Å². The highest BCUT2D eigenvalue weighted by atomic mass is 16.2. The lowest BCUT2D eigenvalue weighted by molar-refractivity contribution is -0.123. The molecule has 4 heteroatoms. The Kier molecular flexibility index (Phi) is 3.55. The van der Waals surface area contributed by atoms with Crippen LogP contribution in [0.2, 0.25) is 0 Å². The summed E-state index contributed by atoms with van der Waals surface area (Å²) in [4.78, 5) is 18.5. The Morgan fingerprint density at radius 1 is 1.28 bits per heavy atom. The summed E-state index contributed by atoms with van der Waals surface area (Å²) < 4.78 is 0. The predicted molar refractivity (Wildman–Crippen MR) is 73.8 cm³/mol. The summed E-state index contributed by atoms with van der Waals surface area (Å²) >= 11 is 0. The molecular weight excluding hydrogens is 226 g/mol. The molecule has 1 aliphatic heterocycles. The van der Waals surface area contributed by atoms with E-state index in [2.05, 4.69) is 15.2 Å². The SMILES string of the molecule is CC(C)(C)C(=O)Nc1ccc(N2CCCC2)nc1. The maximum atomic E-state index is 11.8. The van der Waals surface area contributed by atoms with Crippen LogP contribution < -0.4 is 10.2 Å². The fourth-order valence-electron chi connectivity index (χ4n) is 1.91. The lowest BCUT2D eigenvalue weighted by Gasteiger charge is -2.19. The van der Waals surface area contributed by atoms with Crippen molar-refractivity contribution in [3.05, 3.63) is 18.3 Å². The van der Waals surface area contributed by atoms with Crippen molar-refractivity contribution >= 4 is 17.4 Å². The second-order valence-electron chi connectivity index (χ2n) is 5.80. The number of hydrogen-bond donors (Lipinski definition) is 1. The molecule has 1 aliphatic rings. The Balaban J connectivity index is 2.01. The zero-order chi connectivity index (χ0) is 13.2. The highest BCUT2D eigenvalue weighted by Gasteiger charge is 2.21. The number of hydrogen-bond acceptors (Lipinski definition) is 3. The first-order valence-electron chi connectivity index (χ1n) is 6.49. The van der Waals surface area contributed by atoms with Gasteiger partial charge in [0.2, 0.25) is 5.91 Å². The number of nitrogens with zero attached hydrogens (tertiary/aromatic N) is 2. The molecule has 18 heavy (non-hydrogen) atoms. The Morgan fingerprint density at radius 3 is 2.44 bits per heavy atom. The number of carbonyl (C=O) groups is 1. The first kappa shape index (κ1) is 12.9. The topological polar surface area (TPSA) is 45.2 Å². The highest BCUT2D eigenvalue weighted by molar-refractivity contribution is 5.94. The van der Waals surface area contributed by atoms with Gasteiger partial charge in [-0.05, 0) is 25.0 Å². The van der Waals surface area contributed by atoms with Gasteiger partial charge in [-0.25, -0.2) is 4.98 Å². The molecule has 2 heterocycles. The van der Waals surface area contributed by atoms with Gasteiger partial charge >= 0.3 is 0 Å². The minimum atomic E-state index is -0.381. The minimum Gasteiger partial charge on any atom is -0.357 e. The summed E-state index contributed by atoms with van der Waals surface area (Å²) in [6, 6.07) is 3.90. The number of rotatable bonds is 2. The molecule has 0 unspecified atom stereocenters. The molecule has 1 fully saturated rings. The number of amides is 1. The van der Waals surface area contributed by atoms with Gasteiger partial charge in [0.15, 0.2) is 0 Å². The van der Waals surface area contributed by atoms with Crippen LogP contribution in [0, 0.1) is 5.41 Å². The van der Waals surface area contributed by atoms with Gasteiger partial charge in [-0.1, -0.05) is 20.8 Å². The average molecular weight is 247 g/mol. The second kappa shape index (κ2) is 4.96. The highest BCUT2D eigenvalue weighted by Crippen LogP contribution is 2.21. The lowest BCUT2D eigenvalue weighted by atomic mass is 9.96. The predicted octanol–water partition coefficient (Wildman–Crippen LogP) is 2.67. The van der Waals surface area contributed by atoms with E-state index in [-0.39, 0.29) is 11.3 Å². The third kappa shape index (κ3) is 3.00. The Bertz CT molecular complexity index is 414. The van der Waals surface area contributed by atoms with E-state index in [1.54, 1.807) is 6.20 Å². The number of nitrogens with one attached hydrogen (secondary N) is 1. The van der Waals surface area contributed by atoms with E-state index < -0.39 is 0 Å². The van der Waals surface area contributed by atoms with Crippen molar-refractivity contribution in [1.82, 2.24) is 4.98 Å². The van der Waals surface area contributed by atoms with Crippen LogP contribution in [0.4, 0.5) is 11.5 Å². The molecular formula is C14H21N3O. The average Bonchev–Trinajstić information content (AvgIpc) is 2.82. The molecule has 1 aromatic heterocycles. The van der Waals surface area contributed by atoms with Crippen LogP contribution in [0.1, 0.15) is 33.6 Å². The molecule has 0 aliphatic carbocycles.